The molecule has 0 unspecified atom stereocenters. The van der Waals surface area contributed by atoms with Crippen LogP contribution in [0, 0.1) is 5.82 Å². The number of hydrogen-bond donors (Lipinski definition) is 2. The molecular formula is C11H8FNO2. The lowest BCUT2D eigenvalue weighted by molar-refractivity contribution is 0.469. The minimum atomic E-state index is -0.576. The van der Waals surface area contributed by atoms with E-state index in [1.807, 2.05) is 0 Å². The van der Waals surface area contributed by atoms with Crippen LogP contribution in [0.2, 0.25) is 0 Å². The molecule has 2 aromatic rings. The Kier molecular flexibility index (Phi) is 2.25. The van der Waals surface area contributed by atoms with Crippen molar-refractivity contribution in [1.29, 1.82) is 0 Å². The number of phenols is 1. The number of phenolic OH excluding ortho intramolecular Hbond substituents is 1. The zero-order chi connectivity index (χ0) is 10.8. The van der Waals surface area contributed by atoms with Crippen LogP contribution in [0.5, 0.6) is 5.75 Å². The van der Waals surface area contributed by atoms with Crippen LogP contribution in [0.15, 0.2) is 41.3 Å². The van der Waals surface area contributed by atoms with Crippen molar-refractivity contribution in [3.63, 3.8) is 0 Å². The smallest absolute Gasteiger partial charge is 0.255 e. The first-order chi connectivity index (χ1) is 7.16. The van der Waals surface area contributed by atoms with E-state index in [2.05, 4.69) is 4.98 Å². The third-order valence-corrected chi connectivity index (χ3v) is 2.01. The maximum atomic E-state index is 13.0. The van der Waals surface area contributed by atoms with E-state index >= 15 is 0 Å². The predicted octanol–water partition coefficient (Wildman–Crippen LogP) is 1.89. The summed E-state index contributed by atoms with van der Waals surface area (Å²) in [5.74, 6) is -0.776. The molecule has 0 amide bonds. The first-order valence-electron chi connectivity index (χ1n) is 4.34. The van der Waals surface area contributed by atoms with Crippen LogP contribution in [0.3, 0.4) is 0 Å². The number of aromatic nitrogens is 1. The second-order valence-electron chi connectivity index (χ2n) is 3.11. The van der Waals surface area contributed by atoms with Crippen molar-refractivity contribution in [3.8, 4) is 16.9 Å². The molecule has 76 valence electrons. The summed E-state index contributed by atoms with van der Waals surface area (Å²) in [5.41, 5.74) is 0.365. The SMILES string of the molecule is O=c1[nH]cccc1-c1cc(O)cc(F)c1. The summed E-state index contributed by atoms with van der Waals surface area (Å²) in [7, 11) is 0. The largest absolute Gasteiger partial charge is 0.508 e. The Morgan fingerprint density at radius 2 is 2.07 bits per heavy atom. The van der Waals surface area contributed by atoms with Crippen molar-refractivity contribution in [2.24, 2.45) is 0 Å². The summed E-state index contributed by atoms with van der Waals surface area (Å²) >= 11 is 0. The number of halogens is 1. The molecule has 0 radical (unpaired) electrons. The predicted molar refractivity (Wildman–Crippen MR) is 54.1 cm³/mol. The van der Waals surface area contributed by atoms with Crippen molar-refractivity contribution in [2.45, 2.75) is 0 Å². The molecule has 0 fully saturated rings. The molecule has 15 heavy (non-hydrogen) atoms. The Morgan fingerprint density at radius 1 is 1.27 bits per heavy atom. The Hall–Kier alpha value is -2.10. The third kappa shape index (κ3) is 1.88. The van der Waals surface area contributed by atoms with Crippen LogP contribution in [0.4, 0.5) is 4.39 Å². The van der Waals surface area contributed by atoms with Gasteiger partial charge in [0.05, 0.1) is 0 Å². The molecule has 0 spiro atoms. The number of rotatable bonds is 1. The van der Waals surface area contributed by atoms with E-state index in [0.717, 1.165) is 6.07 Å². The van der Waals surface area contributed by atoms with Gasteiger partial charge in [0.15, 0.2) is 0 Å². The molecule has 3 nitrogen and oxygen atoms in total. The molecule has 0 aliphatic rings. The van der Waals surface area contributed by atoms with Gasteiger partial charge in [-0.25, -0.2) is 4.39 Å². The van der Waals surface area contributed by atoms with Gasteiger partial charge in [0, 0.05) is 17.8 Å². The molecule has 0 atom stereocenters. The Morgan fingerprint density at radius 3 is 2.73 bits per heavy atom. The molecule has 1 heterocycles. The maximum Gasteiger partial charge on any atom is 0.255 e. The van der Waals surface area contributed by atoms with E-state index < -0.39 is 5.82 Å². The Labute approximate surface area is 84.8 Å². The normalized spacial score (nSPS) is 10.2. The molecule has 0 bridgehead atoms. The number of benzene rings is 1. The zero-order valence-electron chi connectivity index (χ0n) is 7.70. The van der Waals surface area contributed by atoms with Crippen molar-refractivity contribution in [1.82, 2.24) is 4.98 Å². The van der Waals surface area contributed by atoms with E-state index in [0.29, 0.717) is 11.1 Å². The first kappa shape index (κ1) is 9.45. The second kappa shape index (κ2) is 3.57. The molecule has 0 aliphatic heterocycles. The second-order valence-corrected chi connectivity index (χ2v) is 3.11. The fourth-order valence-corrected chi connectivity index (χ4v) is 1.38. The lowest BCUT2D eigenvalue weighted by atomic mass is 10.1. The third-order valence-electron chi connectivity index (χ3n) is 2.01. The molecule has 0 saturated heterocycles. The summed E-state index contributed by atoms with van der Waals surface area (Å²) in [6, 6.07) is 6.73. The topological polar surface area (TPSA) is 53.1 Å². The maximum absolute atomic E-state index is 13.0. The van der Waals surface area contributed by atoms with Gasteiger partial charge < -0.3 is 10.1 Å². The number of H-pyrrole nitrogens is 1. The molecule has 2 rings (SSSR count). The first-order valence-corrected chi connectivity index (χ1v) is 4.34. The number of hydrogen-bond acceptors (Lipinski definition) is 2. The van der Waals surface area contributed by atoms with E-state index in [1.165, 1.54) is 18.3 Å². The fourth-order valence-electron chi connectivity index (χ4n) is 1.38. The number of nitrogens with one attached hydrogen (secondary N) is 1. The lowest BCUT2D eigenvalue weighted by Crippen LogP contribution is -2.06. The summed E-state index contributed by atoms with van der Waals surface area (Å²) in [6.45, 7) is 0. The number of aromatic hydroxyl groups is 1. The Balaban J connectivity index is 2.64. The molecule has 2 N–H and O–H groups in total. The molecule has 1 aromatic heterocycles. The fraction of sp³-hybridized carbons (Fsp3) is 0. The highest BCUT2D eigenvalue weighted by Gasteiger charge is 2.05. The summed E-state index contributed by atoms with van der Waals surface area (Å²) < 4.78 is 13.0. The molecule has 4 heteroatoms. The van der Waals surface area contributed by atoms with Crippen molar-refractivity contribution in [2.75, 3.05) is 0 Å². The van der Waals surface area contributed by atoms with Gasteiger partial charge in [0.1, 0.15) is 11.6 Å². The molecule has 1 aromatic carbocycles. The van der Waals surface area contributed by atoms with Gasteiger partial charge in [0.2, 0.25) is 0 Å². The lowest BCUT2D eigenvalue weighted by Gasteiger charge is -2.01. The van der Waals surface area contributed by atoms with Crippen LogP contribution in [-0.4, -0.2) is 10.1 Å². The van der Waals surface area contributed by atoms with E-state index in [-0.39, 0.29) is 11.3 Å². The zero-order valence-corrected chi connectivity index (χ0v) is 7.70. The Bertz CT molecular complexity index is 528. The highest BCUT2D eigenvalue weighted by molar-refractivity contribution is 5.63. The van der Waals surface area contributed by atoms with Gasteiger partial charge >= 0.3 is 0 Å². The van der Waals surface area contributed by atoms with Gasteiger partial charge in [0.25, 0.3) is 5.56 Å². The van der Waals surface area contributed by atoms with Gasteiger partial charge in [-0.1, -0.05) is 0 Å². The molecular weight excluding hydrogens is 197 g/mol. The summed E-state index contributed by atoms with van der Waals surface area (Å²) in [4.78, 5) is 13.9. The van der Waals surface area contributed by atoms with Crippen LogP contribution in [0.1, 0.15) is 0 Å². The summed E-state index contributed by atoms with van der Waals surface area (Å²) in [5, 5.41) is 9.19. The number of aromatic amines is 1. The number of pyridine rings is 1. The minimum Gasteiger partial charge on any atom is -0.508 e. The molecule has 0 aliphatic carbocycles. The van der Waals surface area contributed by atoms with Crippen molar-refractivity contribution < 1.29 is 9.50 Å². The quantitative estimate of drug-likeness (QED) is 0.746. The highest BCUT2D eigenvalue weighted by Crippen LogP contribution is 2.21. The molecule has 0 saturated carbocycles. The standard InChI is InChI=1S/C11H8FNO2/c12-8-4-7(5-9(14)6-8)10-2-1-3-13-11(10)15/h1-6,14H,(H,13,15). The van der Waals surface area contributed by atoms with Gasteiger partial charge in [-0.2, -0.15) is 0 Å². The van der Waals surface area contributed by atoms with Crippen LogP contribution >= 0.6 is 0 Å². The monoisotopic (exact) mass is 205 g/mol. The van der Waals surface area contributed by atoms with Gasteiger partial charge in [-0.05, 0) is 29.8 Å². The van der Waals surface area contributed by atoms with Crippen LogP contribution in [0.25, 0.3) is 11.1 Å². The minimum absolute atomic E-state index is 0.201. The van der Waals surface area contributed by atoms with E-state index in [4.69, 9.17) is 0 Å². The van der Waals surface area contributed by atoms with Gasteiger partial charge in [-0.15, -0.1) is 0 Å². The van der Waals surface area contributed by atoms with Crippen LogP contribution < -0.4 is 5.56 Å². The van der Waals surface area contributed by atoms with Crippen molar-refractivity contribution in [3.05, 3.63) is 52.7 Å². The van der Waals surface area contributed by atoms with E-state index in [1.54, 1.807) is 12.1 Å². The average Bonchev–Trinajstić information content (AvgIpc) is 2.16. The van der Waals surface area contributed by atoms with Crippen LogP contribution in [-0.2, 0) is 0 Å². The average molecular weight is 205 g/mol. The van der Waals surface area contributed by atoms with Crippen molar-refractivity contribution >= 4 is 0 Å². The van der Waals surface area contributed by atoms with Gasteiger partial charge in [-0.3, -0.25) is 4.79 Å². The highest BCUT2D eigenvalue weighted by atomic mass is 19.1. The summed E-state index contributed by atoms with van der Waals surface area (Å²) in [6.07, 6.45) is 1.49. The van der Waals surface area contributed by atoms with E-state index in [9.17, 15) is 14.3 Å².